The molecule has 1 N–H and O–H groups in total. The molecule has 0 saturated carbocycles. The van der Waals surface area contributed by atoms with Crippen LogP contribution in [0.3, 0.4) is 0 Å². The van der Waals surface area contributed by atoms with E-state index in [0.717, 1.165) is 44.5 Å². The van der Waals surface area contributed by atoms with Crippen LogP contribution in [0.1, 0.15) is 34.6 Å². The number of aromatic hydroxyl groups is 1. The molecule has 0 aromatic heterocycles. The molecule has 4 heteroatoms. The van der Waals surface area contributed by atoms with Crippen molar-refractivity contribution in [2.75, 3.05) is 7.11 Å². The molecule has 0 radical (unpaired) electrons. The second-order valence-corrected chi connectivity index (χ2v) is 6.29. The van der Waals surface area contributed by atoms with Crippen LogP contribution in [0.5, 0.6) is 17.2 Å². The fourth-order valence-corrected chi connectivity index (χ4v) is 3.87. The topological polar surface area (TPSA) is 47.9 Å². The Hall–Kier alpha value is -2.72. The largest absolute Gasteiger partial charge is 0.507 e. The van der Waals surface area contributed by atoms with E-state index in [0.29, 0.717) is 0 Å². The molecule has 24 heavy (non-hydrogen) atoms. The predicted octanol–water partition coefficient (Wildman–Crippen LogP) is 4.37. The third kappa shape index (κ3) is 1.66. The van der Waals surface area contributed by atoms with Gasteiger partial charge in [-0.25, -0.2) is 0 Å². The normalized spacial score (nSPS) is 20.4. The third-order valence-electron chi connectivity index (χ3n) is 4.84. The summed E-state index contributed by atoms with van der Waals surface area (Å²) >= 11 is 0. The van der Waals surface area contributed by atoms with Crippen LogP contribution in [0.2, 0.25) is 0 Å². The first-order chi connectivity index (χ1) is 11.7. The van der Waals surface area contributed by atoms with Crippen LogP contribution in [0.25, 0.3) is 10.8 Å². The lowest BCUT2D eigenvalue weighted by Gasteiger charge is -2.27. The summed E-state index contributed by atoms with van der Waals surface area (Å²) in [6.07, 6.45) is -0.736. The Kier molecular flexibility index (Phi) is 2.65. The van der Waals surface area contributed by atoms with Crippen LogP contribution in [0.15, 0.2) is 42.5 Å². The van der Waals surface area contributed by atoms with E-state index in [1.807, 2.05) is 37.3 Å². The van der Waals surface area contributed by atoms with Crippen LogP contribution in [0, 0.1) is 6.92 Å². The number of rotatable bonds is 1. The van der Waals surface area contributed by atoms with E-state index in [-0.39, 0.29) is 11.9 Å². The highest BCUT2D eigenvalue weighted by molar-refractivity contribution is 5.94. The smallest absolute Gasteiger partial charge is 0.231 e. The Morgan fingerprint density at radius 2 is 1.96 bits per heavy atom. The summed E-state index contributed by atoms with van der Waals surface area (Å²) in [6.45, 7) is 1.97. The van der Waals surface area contributed by atoms with Gasteiger partial charge in [-0.05, 0) is 41.6 Å². The van der Waals surface area contributed by atoms with Gasteiger partial charge in [0.25, 0.3) is 0 Å². The Balaban J connectivity index is 1.83. The van der Waals surface area contributed by atoms with Gasteiger partial charge in [0.15, 0.2) is 0 Å². The molecule has 2 atom stereocenters. The van der Waals surface area contributed by atoms with E-state index in [1.54, 1.807) is 13.2 Å². The second-order valence-electron chi connectivity index (χ2n) is 6.29. The van der Waals surface area contributed by atoms with Gasteiger partial charge in [0.2, 0.25) is 6.29 Å². The van der Waals surface area contributed by atoms with Gasteiger partial charge in [-0.3, -0.25) is 0 Å². The van der Waals surface area contributed by atoms with Crippen LogP contribution < -0.4 is 9.47 Å². The highest BCUT2D eigenvalue weighted by Gasteiger charge is 2.43. The van der Waals surface area contributed by atoms with Gasteiger partial charge in [-0.1, -0.05) is 24.3 Å². The molecular formula is C20H16O4. The van der Waals surface area contributed by atoms with Crippen molar-refractivity contribution in [2.24, 2.45) is 0 Å². The van der Waals surface area contributed by atoms with Crippen molar-refractivity contribution in [1.82, 2.24) is 0 Å². The molecule has 2 aliphatic heterocycles. The minimum absolute atomic E-state index is 0.254. The van der Waals surface area contributed by atoms with Gasteiger partial charge < -0.3 is 19.3 Å². The third-order valence-corrected chi connectivity index (χ3v) is 4.84. The maximum Gasteiger partial charge on any atom is 0.231 e. The van der Waals surface area contributed by atoms with Crippen molar-refractivity contribution < 1.29 is 19.3 Å². The monoisotopic (exact) mass is 320 g/mol. The predicted molar refractivity (Wildman–Crippen MR) is 89.6 cm³/mol. The lowest BCUT2D eigenvalue weighted by molar-refractivity contribution is -0.109. The summed E-state index contributed by atoms with van der Waals surface area (Å²) in [5, 5.41) is 12.3. The summed E-state index contributed by atoms with van der Waals surface area (Å²) in [5.74, 6) is 1.77. The van der Waals surface area contributed by atoms with Crippen molar-refractivity contribution in [3.8, 4) is 17.2 Å². The lowest BCUT2D eigenvalue weighted by Crippen LogP contribution is -2.15. The number of phenolic OH excluding ortho intramolecular Hbond substituents is 1. The number of ether oxygens (including phenoxy) is 3. The number of benzene rings is 3. The average molecular weight is 320 g/mol. The summed E-state index contributed by atoms with van der Waals surface area (Å²) in [5.41, 5.74) is 3.86. The number of hydrogen-bond acceptors (Lipinski definition) is 4. The summed E-state index contributed by atoms with van der Waals surface area (Å²) in [4.78, 5) is 0. The fraction of sp³-hybridized carbons (Fsp3) is 0.200. The first-order valence-electron chi connectivity index (χ1n) is 7.92. The standard InChI is InChI=1S/C20H16O4/c1-10-8-11-6-7-15-18(16(11)13(21)9-10)19-12-4-3-5-14(22-2)17(12)20(23-15)24-19/h3-9,19-21H,1-2H3. The minimum atomic E-state index is -0.473. The number of aryl methyl sites for hydroxylation is 1. The zero-order valence-corrected chi connectivity index (χ0v) is 13.4. The van der Waals surface area contributed by atoms with Crippen molar-refractivity contribution in [2.45, 2.75) is 19.3 Å². The Labute approximate surface area is 139 Å². The van der Waals surface area contributed by atoms with Gasteiger partial charge in [-0.15, -0.1) is 0 Å². The first-order valence-corrected chi connectivity index (χ1v) is 7.92. The highest BCUT2D eigenvalue weighted by atomic mass is 16.7. The Bertz CT molecular complexity index is 993. The molecule has 0 aliphatic carbocycles. The molecule has 0 spiro atoms. The molecular weight excluding hydrogens is 304 g/mol. The summed E-state index contributed by atoms with van der Waals surface area (Å²) in [7, 11) is 1.65. The van der Waals surface area contributed by atoms with E-state index in [4.69, 9.17) is 14.2 Å². The number of phenols is 1. The molecule has 2 heterocycles. The quantitative estimate of drug-likeness (QED) is 0.723. The SMILES string of the molecule is COc1cccc2c1C1Oc3ccc4cc(C)cc(O)c4c3C2O1. The molecule has 2 aliphatic rings. The maximum atomic E-state index is 10.5. The van der Waals surface area contributed by atoms with Gasteiger partial charge in [0.1, 0.15) is 23.4 Å². The van der Waals surface area contributed by atoms with Crippen LogP contribution >= 0.6 is 0 Å². The van der Waals surface area contributed by atoms with E-state index < -0.39 is 6.29 Å². The molecule has 0 fully saturated rings. The molecule has 0 amide bonds. The molecule has 5 rings (SSSR count). The van der Waals surface area contributed by atoms with Crippen molar-refractivity contribution in [1.29, 1.82) is 0 Å². The second kappa shape index (κ2) is 4.65. The molecule has 2 bridgehead atoms. The van der Waals surface area contributed by atoms with Crippen LogP contribution in [-0.2, 0) is 4.74 Å². The van der Waals surface area contributed by atoms with Crippen LogP contribution in [-0.4, -0.2) is 12.2 Å². The van der Waals surface area contributed by atoms with Gasteiger partial charge in [0.05, 0.1) is 12.7 Å². The lowest BCUT2D eigenvalue weighted by atomic mass is 9.93. The van der Waals surface area contributed by atoms with Crippen molar-refractivity contribution >= 4 is 10.8 Å². The van der Waals surface area contributed by atoms with E-state index in [1.165, 1.54) is 0 Å². The fourth-order valence-electron chi connectivity index (χ4n) is 3.87. The average Bonchev–Trinajstić information content (AvgIpc) is 2.88. The summed E-state index contributed by atoms with van der Waals surface area (Å²) in [6, 6.07) is 13.7. The van der Waals surface area contributed by atoms with Crippen LogP contribution in [0.4, 0.5) is 0 Å². The van der Waals surface area contributed by atoms with Gasteiger partial charge in [-0.2, -0.15) is 0 Å². The zero-order valence-electron chi connectivity index (χ0n) is 13.4. The molecule has 3 aromatic carbocycles. The van der Waals surface area contributed by atoms with Gasteiger partial charge >= 0.3 is 0 Å². The Morgan fingerprint density at radius 3 is 2.79 bits per heavy atom. The van der Waals surface area contributed by atoms with Crippen molar-refractivity contribution in [3.63, 3.8) is 0 Å². The molecule has 4 nitrogen and oxygen atoms in total. The summed E-state index contributed by atoms with van der Waals surface area (Å²) < 4.78 is 17.7. The number of methoxy groups -OCH3 is 1. The maximum absolute atomic E-state index is 10.5. The number of fused-ring (bicyclic) bond motifs is 9. The molecule has 0 saturated heterocycles. The van der Waals surface area contributed by atoms with E-state index in [9.17, 15) is 5.11 Å². The molecule has 2 unspecified atom stereocenters. The zero-order chi connectivity index (χ0) is 16.4. The highest BCUT2D eigenvalue weighted by Crippen LogP contribution is 2.55. The van der Waals surface area contributed by atoms with E-state index in [2.05, 4.69) is 6.07 Å². The number of hydrogen-bond donors (Lipinski definition) is 1. The molecule has 3 aromatic rings. The Morgan fingerprint density at radius 1 is 1.08 bits per heavy atom. The molecule has 120 valence electrons. The van der Waals surface area contributed by atoms with E-state index >= 15 is 0 Å². The van der Waals surface area contributed by atoms with Crippen molar-refractivity contribution in [3.05, 3.63) is 64.7 Å². The first kappa shape index (κ1) is 13.7. The van der Waals surface area contributed by atoms with Gasteiger partial charge in [0, 0.05) is 10.9 Å². The minimum Gasteiger partial charge on any atom is -0.507 e.